The lowest BCUT2D eigenvalue weighted by atomic mass is 10.2. The molecule has 0 unspecified atom stereocenters. The molecule has 0 radical (unpaired) electrons. The molecule has 0 amide bonds. The maximum atomic E-state index is 11.2. The molecule has 0 aromatic heterocycles. The summed E-state index contributed by atoms with van der Waals surface area (Å²) in [6, 6.07) is 7.67. The number of hydrogen-bond donors (Lipinski definition) is 1. The molecule has 4 nitrogen and oxygen atoms in total. The third-order valence-corrected chi connectivity index (χ3v) is 2.80. The van der Waals surface area contributed by atoms with Crippen LogP contribution in [0.3, 0.4) is 0 Å². The van der Waals surface area contributed by atoms with Gasteiger partial charge in [0.15, 0.2) is 0 Å². The Balaban J connectivity index is 2.23. The first-order chi connectivity index (χ1) is 8.08. The van der Waals surface area contributed by atoms with Gasteiger partial charge < -0.3 is 9.84 Å². The van der Waals surface area contributed by atoms with Gasteiger partial charge in [0.2, 0.25) is 0 Å². The molecular formula is C12H13IO4. The molecule has 5 heteroatoms. The van der Waals surface area contributed by atoms with Crippen molar-refractivity contribution in [1.29, 1.82) is 0 Å². The minimum absolute atomic E-state index is 0.00136. The first-order valence-corrected chi connectivity index (χ1v) is 6.27. The Kier molecular flexibility index (Phi) is 5.96. The van der Waals surface area contributed by atoms with Gasteiger partial charge in [-0.2, -0.15) is 0 Å². The number of benzene rings is 1. The Morgan fingerprint density at radius 3 is 2.41 bits per heavy atom. The summed E-state index contributed by atoms with van der Waals surface area (Å²) < 4.78 is 6.14. The van der Waals surface area contributed by atoms with Crippen LogP contribution in [-0.2, 0) is 20.9 Å². The Morgan fingerprint density at radius 2 is 1.82 bits per heavy atom. The van der Waals surface area contributed by atoms with Crippen LogP contribution in [0, 0.1) is 3.57 Å². The number of hydrogen-bond acceptors (Lipinski definition) is 3. The Labute approximate surface area is 113 Å². The zero-order valence-electron chi connectivity index (χ0n) is 9.19. The van der Waals surface area contributed by atoms with E-state index in [4.69, 9.17) is 9.84 Å². The van der Waals surface area contributed by atoms with Crippen LogP contribution < -0.4 is 0 Å². The van der Waals surface area contributed by atoms with Crippen molar-refractivity contribution in [3.8, 4) is 0 Å². The van der Waals surface area contributed by atoms with Gasteiger partial charge in [-0.25, -0.2) is 0 Å². The van der Waals surface area contributed by atoms with Gasteiger partial charge in [-0.3, -0.25) is 9.59 Å². The Bertz CT molecular complexity index is 386. The standard InChI is InChI=1S/C12H13IO4/c13-10-6-4-9(5-7-10)8-17-12(16)3-1-2-11(14)15/h4-7H,1-3,8H2,(H,14,15). The average Bonchev–Trinajstić information content (AvgIpc) is 2.28. The van der Waals surface area contributed by atoms with Crippen LogP contribution >= 0.6 is 22.6 Å². The number of carbonyl (C=O) groups is 2. The maximum absolute atomic E-state index is 11.2. The quantitative estimate of drug-likeness (QED) is 0.634. The predicted molar refractivity (Wildman–Crippen MR) is 70.4 cm³/mol. The lowest BCUT2D eigenvalue weighted by Crippen LogP contribution is -2.05. The molecule has 1 aromatic carbocycles. The van der Waals surface area contributed by atoms with E-state index in [1.807, 2.05) is 24.3 Å². The summed E-state index contributed by atoms with van der Waals surface area (Å²) in [4.78, 5) is 21.5. The molecule has 0 fully saturated rings. The van der Waals surface area contributed by atoms with E-state index >= 15 is 0 Å². The van der Waals surface area contributed by atoms with E-state index in [2.05, 4.69) is 22.6 Å². The van der Waals surface area contributed by atoms with Crippen molar-refractivity contribution < 1.29 is 19.4 Å². The summed E-state index contributed by atoms with van der Waals surface area (Å²) in [6.07, 6.45) is 0.468. The molecule has 1 N–H and O–H groups in total. The monoisotopic (exact) mass is 348 g/mol. The van der Waals surface area contributed by atoms with E-state index in [1.54, 1.807) is 0 Å². The molecule has 0 saturated heterocycles. The van der Waals surface area contributed by atoms with Gasteiger partial charge in [-0.15, -0.1) is 0 Å². The summed E-state index contributed by atoms with van der Waals surface area (Å²) in [7, 11) is 0. The fourth-order valence-electron chi connectivity index (χ4n) is 1.20. The van der Waals surface area contributed by atoms with Gasteiger partial charge in [0.1, 0.15) is 6.61 Å². The summed E-state index contributed by atoms with van der Waals surface area (Å²) in [6.45, 7) is 0.239. The van der Waals surface area contributed by atoms with Crippen molar-refractivity contribution in [2.45, 2.75) is 25.9 Å². The molecule has 1 aromatic rings. The predicted octanol–water partition coefficient (Wildman–Crippen LogP) is 2.59. The molecule has 0 aliphatic carbocycles. The average molecular weight is 348 g/mol. The van der Waals surface area contributed by atoms with Crippen molar-refractivity contribution in [3.63, 3.8) is 0 Å². The minimum atomic E-state index is -0.893. The lowest BCUT2D eigenvalue weighted by molar-refractivity contribution is -0.145. The van der Waals surface area contributed by atoms with Gasteiger partial charge in [0, 0.05) is 16.4 Å². The fourth-order valence-corrected chi connectivity index (χ4v) is 1.56. The molecule has 0 saturated carbocycles. The van der Waals surface area contributed by atoms with E-state index < -0.39 is 5.97 Å². The van der Waals surface area contributed by atoms with E-state index in [9.17, 15) is 9.59 Å². The van der Waals surface area contributed by atoms with Gasteiger partial charge in [-0.1, -0.05) is 12.1 Å². The second-order valence-electron chi connectivity index (χ2n) is 3.53. The normalized spacial score (nSPS) is 9.94. The molecule has 92 valence electrons. The summed E-state index contributed by atoms with van der Waals surface area (Å²) in [5, 5.41) is 8.41. The van der Waals surface area contributed by atoms with Gasteiger partial charge >= 0.3 is 11.9 Å². The SMILES string of the molecule is O=C(O)CCCC(=O)OCc1ccc(I)cc1. The second-order valence-corrected chi connectivity index (χ2v) is 4.78. The first kappa shape index (κ1) is 14.0. The van der Waals surface area contributed by atoms with Crippen molar-refractivity contribution in [2.75, 3.05) is 0 Å². The molecule has 17 heavy (non-hydrogen) atoms. The molecule has 0 aliphatic rings. The van der Waals surface area contributed by atoms with Crippen LogP contribution in [-0.4, -0.2) is 17.0 Å². The zero-order valence-corrected chi connectivity index (χ0v) is 11.3. The van der Waals surface area contributed by atoms with Crippen LogP contribution in [0.2, 0.25) is 0 Å². The molecular weight excluding hydrogens is 335 g/mol. The van der Waals surface area contributed by atoms with Crippen molar-refractivity contribution in [3.05, 3.63) is 33.4 Å². The third kappa shape index (κ3) is 6.25. The number of carboxylic acid groups (broad SMARTS) is 1. The molecule has 0 aliphatic heterocycles. The highest BCUT2D eigenvalue weighted by atomic mass is 127. The number of ether oxygens (including phenoxy) is 1. The highest BCUT2D eigenvalue weighted by molar-refractivity contribution is 14.1. The van der Waals surface area contributed by atoms with Crippen molar-refractivity contribution in [1.82, 2.24) is 0 Å². The molecule has 0 heterocycles. The van der Waals surface area contributed by atoms with Crippen LogP contribution in [0.15, 0.2) is 24.3 Å². The number of halogens is 1. The van der Waals surface area contributed by atoms with Crippen LogP contribution in [0.1, 0.15) is 24.8 Å². The summed E-state index contributed by atoms with van der Waals surface area (Å²) in [5.74, 6) is -1.25. The topological polar surface area (TPSA) is 63.6 Å². The number of carbonyl (C=O) groups excluding carboxylic acids is 1. The third-order valence-electron chi connectivity index (χ3n) is 2.08. The summed E-state index contributed by atoms with van der Waals surface area (Å²) >= 11 is 2.20. The molecule has 1 rings (SSSR count). The number of aliphatic carboxylic acids is 1. The van der Waals surface area contributed by atoms with Crippen molar-refractivity contribution >= 4 is 34.5 Å². The van der Waals surface area contributed by atoms with Crippen LogP contribution in [0.5, 0.6) is 0 Å². The number of carboxylic acids is 1. The molecule has 0 bridgehead atoms. The molecule has 0 spiro atoms. The van der Waals surface area contributed by atoms with Gasteiger partial charge in [0.05, 0.1) is 0 Å². The maximum Gasteiger partial charge on any atom is 0.306 e. The second kappa shape index (κ2) is 7.26. The van der Waals surface area contributed by atoms with E-state index in [0.29, 0.717) is 6.42 Å². The smallest absolute Gasteiger partial charge is 0.306 e. The molecule has 0 atom stereocenters. The van der Waals surface area contributed by atoms with Crippen molar-refractivity contribution in [2.24, 2.45) is 0 Å². The zero-order chi connectivity index (χ0) is 12.7. The van der Waals surface area contributed by atoms with Gasteiger partial charge in [-0.05, 0) is 46.7 Å². The lowest BCUT2D eigenvalue weighted by Gasteiger charge is -2.04. The van der Waals surface area contributed by atoms with E-state index in [-0.39, 0.29) is 25.4 Å². The number of rotatable bonds is 6. The highest BCUT2D eigenvalue weighted by Gasteiger charge is 2.05. The minimum Gasteiger partial charge on any atom is -0.481 e. The van der Waals surface area contributed by atoms with Crippen LogP contribution in [0.25, 0.3) is 0 Å². The fraction of sp³-hybridized carbons (Fsp3) is 0.333. The Hall–Kier alpha value is -1.11. The van der Waals surface area contributed by atoms with E-state index in [0.717, 1.165) is 9.13 Å². The number of esters is 1. The summed E-state index contributed by atoms with van der Waals surface area (Å²) in [5.41, 5.74) is 0.928. The Morgan fingerprint density at radius 1 is 1.18 bits per heavy atom. The first-order valence-electron chi connectivity index (χ1n) is 5.20. The van der Waals surface area contributed by atoms with Crippen LogP contribution in [0.4, 0.5) is 0 Å². The largest absolute Gasteiger partial charge is 0.481 e. The van der Waals surface area contributed by atoms with E-state index in [1.165, 1.54) is 0 Å². The van der Waals surface area contributed by atoms with Gasteiger partial charge in [0.25, 0.3) is 0 Å². The highest BCUT2D eigenvalue weighted by Crippen LogP contribution is 2.08.